The van der Waals surface area contributed by atoms with Crippen LogP contribution in [-0.4, -0.2) is 35.5 Å². The van der Waals surface area contributed by atoms with Gasteiger partial charge in [0.25, 0.3) is 5.91 Å². The second-order valence-electron chi connectivity index (χ2n) is 6.28. The van der Waals surface area contributed by atoms with E-state index in [-0.39, 0.29) is 5.75 Å². The van der Waals surface area contributed by atoms with E-state index in [4.69, 9.17) is 14.7 Å². The highest BCUT2D eigenvalue weighted by Gasteiger charge is 2.27. The molecule has 0 aromatic heterocycles. The van der Waals surface area contributed by atoms with Crippen molar-refractivity contribution in [3.8, 4) is 5.75 Å². The van der Waals surface area contributed by atoms with Crippen molar-refractivity contribution in [1.29, 1.82) is 0 Å². The molecule has 2 atom stereocenters. The van der Waals surface area contributed by atoms with Gasteiger partial charge in [-0.3, -0.25) is 15.3 Å². The number of carbonyl (C=O) groups excluding carboxylic acids is 2. The molecule has 2 amide bonds. The molecule has 0 spiro atoms. The Kier molecular flexibility index (Phi) is 9.33. The van der Waals surface area contributed by atoms with Crippen LogP contribution in [-0.2, 0) is 14.3 Å². The van der Waals surface area contributed by atoms with Gasteiger partial charge in [0.15, 0.2) is 6.10 Å². The van der Waals surface area contributed by atoms with Crippen molar-refractivity contribution in [2.75, 3.05) is 12.4 Å². The summed E-state index contributed by atoms with van der Waals surface area (Å²) in [5.41, 5.74) is 2.72. The van der Waals surface area contributed by atoms with Crippen molar-refractivity contribution in [2.24, 2.45) is 0 Å². The number of phenolic OH excluding ortho intramolecular Hbond substituents is 1. The summed E-state index contributed by atoms with van der Waals surface area (Å²) in [7, 11) is 1.50. The highest BCUT2D eigenvalue weighted by atomic mass is 79.9. The molecule has 0 radical (unpaired) electrons. The fourth-order valence-electron chi connectivity index (χ4n) is 2.70. The Bertz CT molecular complexity index is 855. The average molecular weight is 479 g/mol. The number of aromatic hydroxyl groups is 1. The maximum atomic E-state index is 12.5. The van der Waals surface area contributed by atoms with Crippen molar-refractivity contribution >= 4 is 33.6 Å². The van der Waals surface area contributed by atoms with Gasteiger partial charge < -0.3 is 14.6 Å². The van der Waals surface area contributed by atoms with Gasteiger partial charge in [-0.1, -0.05) is 34.1 Å². The summed E-state index contributed by atoms with van der Waals surface area (Å²) in [6, 6.07) is 13.3. The molecule has 30 heavy (non-hydrogen) atoms. The molecule has 0 aliphatic heterocycles. The molecule has 0 aliphatic carbocycles. The number of hydrogen-bond donors (Lipinski definition) is 4. The number of anilines is 1. The van der Waals surface area contributed by atoms with E-state index in [1.807, 2.05) is 0 Å². The smallest absolute Gasteiger partial charge is 0.412 e. The Labute approximate surface area is 182 Å². The van der Waals surface area contributed by atoms with Crippen molar-refractivity contribution in [3.63, 3.8) is 0 Å². The zero-order valence-corrected chi connectivity index (χ0v) is 17.8. The van der Waals surface area contributed by atoms with Gasteiger partial charge in [-0.25, -0.2) is 10.3 Å². The zero-order valence-electron chi connectivity index (χ0n) is 16.2. The fraction of sp³-hybridized carbons (Fsp3) is 0.238. The van der Waals surface area contributed by atoms with Crippen molar-refractivity contribution < 1.29 is 29.4 Å². The second-order valence-corrected chi connectivity index (χ2v) is 7.19. The molecule has 2 rings (SSSR count). The number of hydrogen-bond acceptors (Lipinski definition) is 6. The Hall–Kier alpha value is -2.88. The van der Waals surface area contributed by atoms with Crippen molar-refractivity contribution in [1.82, 2.24) is 5.48 Å². The third-order valence-electron chi connectivity index (χ3n) is 4.18. The molecule has 0 heterocycles. The molecule has 160 valence electrons. The van der Waals surface area contributed by atoms with Gasteiger partial charge in [-0.15, -0.1) is 0 Å². The molecule has 8 nitrogen and oxygen atoms in total. The first-order valence-corrected chi connectivity index (χ1v) is 9.87. The first-order chi connectivity index (χ1) is 14.4. The lowest BCUT2D eigenvalue weighted by Gasteiger charge is -2.26. The van der Waals surface area contributed by atoms with Gasteiger partial charge >= 0.3 is 6.09 Å². The van der Waals surface area contributed by atoms with E-state index >= 15 is 0 Å². The first-order valence-electron chi connectivity index (χ1n) is 9.08. The molecular weight excluding hydrogens is 456 g/mol. The number of nitrogens with one attached hydrogen (secondary N) is 2. The predicted molar refractivity (Wildman–Crippen MR) is 114 cm³/mol. The standard InChI is InChI=1S/C21H23BrN2O6/c1-29-18(4-2-3-5-19(26)24-28)20(14-6-12-17(25)13-7-14)30-21(27)23-16-10-8-15(22)9-11-16/h3,5-13,18,20,25,28H,2,4H2,1H3,(H,23,27)(H,24,26)/b5-3+/t18-,20-/m0/s1. The predicted octanol–water partition coefficient (Wildman–Crippen LogP) is 4.30. The minimum atomic E-state index is -0.758. The number of phenols is 1. The number of carbonyl (C=O) groups is 2. The number of amides is 2. The average Bonchev–Trinajstić information content (AvgIpc) is 2.74. The Morgan fingerprint density at radius 1 is 1.13 bits per heavy atom. The zero-order chi connectivity index (χ0) is 21.9. The van der Waals surface area contributed by atoms with Crippen LogP contribution in [0.2, 0.25) is 0 Å². The van der Waals surface area contributed by atoms with Crippen LogP contribution in [0.5, 0.6) is 5.75 Å². The van der Waals surface area contributed by atoms with Gasteiger partial charge in [0.05, 0.1) is 6.10 Å². The molecule has 0 saturated heterocycles. The molecule has 2 aromatic rings. The van der Waals surface area contributed by atoms with Gasteiger partial charge in [0.2, 0.25) is 0 Å². The largest absolute Gasteiger partial charge is 0.508 e. The topological polar surface area (TPSA) is 117 Å². The minimum absolute atomic E-state index is 0.0868. The molecule has 9 heteroatoms. The Balaban J connectivity index is 2.12. The number of hydroxylamine groups is 1. The van der Waals surface area contributed by atoms with E-state index in [0.717, 1.165) is 4.47 Å². The van der Waals surface area contributed by atoms with Crippen molar-refractivity contribution in [3.05, 3.63) is 70.7 Å². The molecule has 4 N–H and O–H groups in total. The molecule has 2 aromatic carbocycles. The summed E-state index contributed by atoms with van der Waals surface area (Å²) < 4.78 is 12.1. The quantitative estimate of drug-likeness (QED) is 0.242. The second kappa shape index (κ2) is 12.0. The SMILES string of the molecule is CO[C@@H](CC/C=C/C(=O)NO)[C@@H](OC(=O)Nc1ccc(Br)cc1)c1ccc(O)cc1. The van der Waals surface area contributed by atoms with Gasteiger partial charge in [-0.05, 0) is 54.8 Å². The summed E-state index contributed by atoms with van der Waals surface area (Å²) in [6.07, 6.45) is 1.71. The van der Waals surface area contributed by atoms with Gasteiger partial charge in [0, 0.05) is 23.3 Å². The molecule has 0 saturated carbocycles. The van der Waals surface area contributed by atoms with Crippen LogP contribution in [0.4, 0.5) is 10.5 Å². The summed E-state index contributed by atoms with van der Waals surface area (Å²) >= 11 is 3.33. The van der Waals surface area contributed by atoms with Gasteiger partial charge in [0.1, 0.15) is 5.75 Å². The highest BCUT2D eigenvalue weighted by Crippen LogP contribution is 2.28. The summed E-state index contributed by atoms with van der Waals surface area (Å²) in [5.74, 6) is -0.548. The summed E-state index contributed by atoms with van der Waals surface area (Å²) in [5, 5.41) is 20.7. The third kappa shape index (κ3) is 7.51. The third-order valence-corrected chi connectivity index (χ3v) is 4.71. The van der Waals surface area contributed by atoms with E-state index in [2.05, 4.69) is 21.2 Å². The van der Waals surface area contributed by atoms with E-state index in [0.29, 0.717) is 24.1 Å². The number of halogens is 1. The molecule has 0 aliphatic rings. The number of methoxy groups -OCH3 is 1. The molecular formula is C21H23BrN2O6. The minimum Gasteiger partial charge on any atom is -0.508 e. The maximum absolute atomic E-state index is 12.5. The number of rotatable bonds is 9. The van der Waals surface area contributed by atoms with Crippen LogP contribution in [0.25, 0.3) is 0 Å². The number of ether oxygens (including phenoxy) is 2. The summed E-state index contributed by atoms with van der Waals surface area (Å²) in [4.78, 5) is 23.6. The van der Waals surface area contributed by atoms with Crippen LogP contribution >= 0.6 is 15.9 Å². The van der Waals surface area contributed by atoms with Gasteiger partial charge in [-0.2, -0.15) is 0 Å². The van der Waals surface area contributed by atoms with Crippen LogP contribution < -0.4 is 10.8 Å². The molecule has 0 unspecified atom stereocenters. The monoisotopic (exact) mass is 478 g/mol. The van der Waals surface area contributed by atoms with Crippen LogP contribution in [0.3, 0.4) is 0 Å². The lowest BCUT2D eigenvalue weighted by Crippen LogP contribution is -2.28. The number of benzene rings is 2. The van der Waals surface area contributed by atoms with Crippen molar-refractivity contribution in [2.45, 2.75) is 25.0 Å². The maximum Gasteiger partial charge on any atom is 0.412 e. The Morgan fingerprint density at radius 2 is 1.80 bits per heavy atom. The summed E-state index contributed by atoms with van der Waals surface area (Å²) in [6.45, 7) is 0. The molecule has 0 bridgehead atoms. The lowest BCUT2D eigenvalue weighted by atomic mass is 10.00. The van der Waals surface area contributed by atoms with Crippen LogP contribution in [0.1, 0.15) is 24.5 Å². The molecule has 0 fully saturated rings. The Morgan fingerprint density at radius 3 is 2.40 bits per heavy atom. The van der Waals surface area contributed by atoms with E-state index < -0.39 is 24.2 Å². The fourth-order valence-corrected chi connectivity index (χ4v) is 2.96. The van der Waals surface area contributed by atoms with E-state index in [9.17, 15) is 14.7 Å². The highest BCUT2D eigenvalue weighted by molar-refractivity contribution is 9.10. The van der Waals surface area contributed by atoms with Crippen LogP contribution in [0.15, 0.2) is 65.2 Å². The van der Waals surface area contributed by atoms with Crippen LogP contribution in [0, 0.1) is 0 Å². The normalized spacial score (nSPS) is 12.9. The number of allylic oxidation sites excluding steroid dienone is 1. The van der Waals surface area contributed by atoms with E-state index in [1.54, 1.807) is 42.5 Å². The lowest BCUT2D eigenvalue weighted by molar-refractivity contribution is -0.124. The first kappa shape index (κ1) is 23.4. The van der Waals surface area contributed by atoms with E-state index in [1.165, 1.54) is 30.8 Å².